The van der Waals surface area contributed by atoms with E-state index in [0.717, 1.165) is 23.3 Å². The number of anilines is 1. The lowest BCUT2D eigenvalue weighted by atomic mass is 10.1. The highest BCUT2D eigenvalue weighted by Gasteiger charge is 2.14. The number of nitrogens with one attached hydrogen (secondary N) is 2. The Kier molecular flexibility index (Phi) is 5.80. The van der Waals surface area contributed by atoms with Crippen molar-refractivity contribution in [1.29, 1.82) is 0 Å². The lowest BCUT2D eigenvalue weighted by molar-refractivity contribution is 0.102. The van der Waals surface area contributed by atoms with Crippen molar-refractivity contribution in [2.75, 3.05) is 18.4 Å². The zero-order chi connectivity index (χ0) is 20.9. The van der Waals surface area contributed by atoms with Crippen molar-refractivity contribution in [1.82, 2.24) is 24.8 Å². The number of halogens is 1. The average molecular weight is 408 g/mol. The summed E-state index contributed by atoms with van der Waals surface area (Å²) >= 11 is 0. The van der Waals surface area contributed by atoms with E-state index in [0.29, 0.717) is 30.2 Å². The summed E-state index contributed by atoms with van der Waals surface area (Å²) in [5.41, 5.74) is 3.58. The first kappa shape index (κ1) is 19.7. The highest BCUT2D eigenvalue weighted by molar-refractivity contribution is 6.04. The summed E-state index contributed by atoms with van der Waals surface area (Å²) in [6, 6.07) is 11.2. The fraction of sp³-hybridized carbons (Fsp3) is 0.238. The SMILES string of the molecule is Cc1ccc(-c2ncon2)cc1NC(=O)c1cnc2ccccn12.FC1CCNC1. The molecule has 1 amide bonds. The first-order chi connectivity index (χ1) is 14.6. The second-order valence-electron chi connectivity index (χ2n) is 6.90. The Bertz CT molecular complexity index is 1140. The second-order valence-corrected chi connectivity index (χ2v) is 6.90. The van der Waals surface area contributed by atoms with E-state index in [1.54, 1.807) is 16.8 Å². The molecule has 1 aliphatic heterocycles. The van der Waals surface area contributed by atoms with Gasteiger partial charge in [-0.3, -0.25) is 9.20 Å². The summed E-state index contributed by atoms with van der Waals surface area (Å²) in [5, 5.41) is 9.63. The first-order valence-electron chi connectivity index (χ1n) is 9.57. The van der Waals surface area contributed by atoms with Crippen LogP contribution in [0.5, 0.6) is 0 Å². The van der Waals surface area contributed by atoms with Crippen LogP contribution in [-0.4, -0.2) is 44.7 Å². The van der Waals surface area contributed by atoms with Gasteiger partial charge in [0.05, 0.1) is 6.20 Å². The van der Waals surface area contributed by atoms with Gasteiger partial charge in [-0.2, -0.15) is 4.98 Å². The number of carbonyl (C=O) groups is 1. The minimum atomic E-state index is -0.565. The van der Waals surface area contributed by atoms with Gasteiger partial charge in [-0.15, -0.1) is 0 Å². The van der Waals surface area contributed by atoms with E-state index >= 15 is 0 Å². The van der Waals surface area contributed by atoms with Gasteiger partial charge in [0, 0.05) is 24.0 Å². The number of imidazole rings is 1. The molecule has 4 aromatic rings. The van der Waals surface area contributed by atoms with E-state index in [2.05, 4.69) is 25.8 Å². The predicted molar refractivity (Wildman–Crippen MR) is 110 cm³/mol. The van der Waals surface area contributed by atoms with Gasteiger partial charge in [0.25, 0.3) is 5.91 Å². The maximum Gasteiger partial charge on any atom is 0.274 e. The lowest BCUT2D eigenvalue weighted by Gasteiger charge is -2.09. The van der Waals surface area contributed by atoms with Crippen molar-refractivity contribution < 1.29 is 13.7 Å². The summed E-state index contributed by atoms with van der Waals surface area (Å²) in [6.07, 6.45) is 4.78. The lowest BCUT2D eigenvalue weighted by Crippen LogP contribution is -2.15. The zero-order valence-corrected chi connectivity index (χ0v) is 16.4. The molecule has 1 aliphatic rings. The van der Waals surface area contributed by atoms with E-state index < -0.39 is 6.17 Å². The standard InChI is InChI=1S/C17H13N5O2.C4H8FN/c1-11-5-6-12(16-19-10-24-21-16)8-13(11)20-17(23)14-9-18-15-4-2-3-7-22(14)15;5-4-1-2-6-3-4/h2-10H,1H3,(H,20,23);4,6H,1-3H2. The molecular formula is C21H21FN6O2. The van der Waals surface area contributed by atoms with Gasteiger partial charge in [-0.1, -0.05) is 23.4 Å². The maximum atomic E-state index is 12.6. The van der Waals surface area contributed by atoms with Crippen molar-refractivity contribution in [3.8, 4) is 11.4 Å². The number of amides is 1. The molecule has 0 spiro atoms. The smallest absolute Gasteiger partial charge is 0.274 e. The number of aromatic nitrogens is 4. The van der Waals surface area contributed by atoms with Gasteiger partial charge in [-0.05, 0) is 43.7 Å². The zero-order valence-electron chi connectivity index (χ0n) is 16.4. The fourth-order valence-corrected chi connectivity index (χ4v) is 3.10. The Balaban J connectivity index is 0.000000313. The van der Waals surface area contributed by atoms with Crippen molar-refractivity contribution in [2.45, 2.75) is 19.5 Å². The molecule has 1 saturated heterocycles. The van der Waals surface area contributed by atoms with E-state index in [-0.39, 0.29) is 5.91 Å². The molecule has 1 aromatic carbocycles. The number of hydrogen-bond donors (Lipinski definition) is 2. The third-order valence-corrected chi connectivity index (χ3v) is 4.76. The van der Waals surface area contributed by atoms with Gasteiger partial charge in [0.15, 0.2) is 0 Å². The monoisotopic (exact) mass is 408 g/mol. The molecule has 8 nitrogen and oxygen atoms in total. The molecule has 0 saturated carbocycles. The predicted octanol–water partition coefficient (Wildman–Crippen LogP) is 3.26. The number of rotatable bonds is 3. The number of nitrogens with zero attached hydrogens (tertiary/aromatic N) is 4. The first-order valence-corrected chi connectivity index (χ1v) is 9.57. The van der Waals surface area contributed by atoms with Crippen molar-refractivity contribution in [3.05, 3.63) is 66.4 Å². The second kappa shape index (κ2) is 8.83. The average Bonchev–Trinajstić information content (AvgIpc) is 3.52. The number of aryl methyl sites for hydroxylation is 1. The molecule has 1 fully saturated rings. The molecule has 4 heterocycles. The number of benzene rings is 1. The van der Waals surface area contributed by atoms with Gasteiger partial charge < -0.3 is 15.2 Å². The third kappa shape index (κ3) is 4.36. The van der Waals surface area contributed by atoms with E-state index in [1.165, 1.54) is 6.39 Å². The fourth-order valence-electron chi connectivity index (χ4n) is 3.10. The number of hydrogen-bond acceptors (Lipinski definition) is 6. The van der Waals surface area contributed by atoms with Crippen LogP contribution in [0, 0.1) is 6.92 Å². The number of alkyl halides is 1. The molecular weight excluding hydrogens is 387 g/mol. The van der Waals surface area contributed by atoms with Crippen molar-refractivity contribution in [2.24, 2.45) is 0 Å². The largest absolute Gasteiger partial charge is 0.342 e. The highest BCUT2D eigenvalue weighted by atomic mass is 19.1. The third-order valence-electron chi connectivity index (χ3n) is 4.76. The van der Waals surface area contributed by atoms with Crippen LogP contribution in [0.1, 0.15) is 22.5 Å². The van der Waals surface area contributed by atoms with Crippen LogP contribution in [0.3, 0.4) is 0 Å². The van der Waals surface area contributed by atoms with E-state index in [1.807, 2.05) is 43.3 Å². The van der Waals surface area contributed by atoms with Gasteiger partial charge >= 0.3 is 0 Å². The molecule has 0 aliphatic carbocycles. The summed E-state index contributed by atoms with van der Waals surface area (Å²) in [5.74, 6) is 0.238. The quantitative estimate of drug-likeness (QED) is 0.540. The van der Waals surface area contributed by atoms with Crippen LogP contribution in [0.4, 0.5) is 10.1 Å². The summed E-state index contributed by atoms with van der Waals surface area (Å²) < 4.78 is 18.4. The normalized spacial score (nSPS) is 15.6. The molecule has 3 aromatic heterocycles. The molecule has 0 radical (unpaired) electrons. The van der Waals surface area contributed by atoms with Crippen molar-refractivity contribution >= 4 is 17.2 Å². The molecule has 154 valence electrons. The number of carbonyl (C=O) groups excluding carboxylic acids is 1. The van der Waals surface area contributed by atoms with Crippen LogP contribution in [0.2, 0.25) is 0 Å². The van der Waals surface area contributed by atoms with Crippen LogP contribution in [0.25, 0.3) is 17.0 Å². The Morgan fingerprint density at radius 1 is 1.30 bits per heavy atom. The Labute approximate surface area is 172 Å². The van der Waals surface area contributed by atoms with Gasteiger partial charge in [-0.25, -0.2) is 9.37 Å². The minimum Gasteiger partial charge on any atom is -0.342 e. The maximum absolute atomic E-state index is 12.6. The molecule has 30 heavy (non-hydrogen) atoms. The van der Waals surface area contributed by atoms with Gasteiger partial charge in [0.1, 0.15) is 17.5 Å². The van der Waals surface area contributed by atoms with E-state index in [4.69, 9.17) is 4.52 Å². The van der Waals surface area contributed by atoms with Gasteiger partial charge in [0.2, 0.25) is 12.2 Å². The molecule has 1 atom stereocenters. The molecule has 1 unspecified atom stereocenters. The summed E-state index contributed by atoms with van der Waals surface area (Å²) in [6.45, 7) is 3.35. The molecule has 0 bridgehead atoms. The Morgan fingerprint density at radius 2 is 2.20 bits per heavy atom. The number of pyridine rings is 1. The molecule has 9 heteroatoms. The minimum absolute atomic E-state index is 0.234. The highest BCUT2D eigenvalue weighted by Crippen LogP contribution is 2.23. The van der Waals surface area contributed by atoms with Crippen LogP contribution >= 0.6 is 0 Å². The van der Waals surface area contributed by atoms with Crippen LogP contribution < -0.4 is 10.6 Å². The Hall–Kier alpha value is -3.59. The van der Waals surface area contributed by atoms with Crippen LogP contribution in [-0.2, 0) is 0 Å². The topological polar surface area (TPSA) is 97.4 Å². The number of fused-ring (bicyclic) bond motifs is 1. The molecule has 2 N–H and O–H groups in total. The van der Waals surface area contributed by atoms with Crippen LogP contribution in [0.15, 0.2) is 59.7 Å². The molecule has 5 rings (SSSR count). The van der Waals surface area contributed by atoms with E-state index in [9.17, 15) is 9.18 Å². The summed E-state index contributed by atoms with van der Waals surface area (Å²) in [7, 11) is 0. The Morgan fingerprint density at radius 3 is 2.90 bits per heavy atom. The summed E-state index contributed by atoms with van der Waals surface area (Å²) in [4.78, 5) is 20.9. The van der Waals surface area contributed by atoms with Crippen molar-refractivity contribution in [3.63, 3.8) is 0 Å².